The van der Waals surface area contributed by atoms with Gasteiger partial charge in [0, 0.05) is 37.9 Å². The molecule has 0 aromatic heterocycles. The summed E-state index contributed by atoms with van der Waals surface area (Å²) in [6, 6.07) is 0.540. The molecule has 102 valence electrons. The second kappa shape index (κ2) is 6.39. The van der Waals surface area contributed by atoms with Gasteiger partial charge >= 0.3 is 0 Å². The molecule has 1 heterocycles. The van der Waals surface area contributed by atoms with Crippen LogP contribution in [0.1, 0.15) is 20.3 Å². The number of nitrogens with one attached hydrogen (secondary N) is 1. The van der Waals surface area contributed by atoms with Crippen LogP contribution in [0.4, 0.5) is 0 Å². The minimum atomic E-state index is 0.540. The van der Waals surface area contributed by atoms with Gasteiger partial charge in [-0.1, -0.05) is 12.2 Å². The molecule has 0 bridgehead atoms. The molecule has 0 aromatic carbocycles. The summed E-state index contributed by atoms with van der Waals surface area (Å²) in [7, 11) is 2.22. The minimum absolute atomic E-state index is 0.540. The van der Waals surface area contributed by atoms with Crippen molar-refractivity contribution in [2.24, 2.45) is 5.92 Å². The minimum Gasteiger partial charge on any atom is -0.372 e. The van der Waals surface area contributed by atoms with Gasteiger partial charge in [0.05, 0.1) is 0 Å². The lowest BCUT2D eigenvalue weighted by Gasteiger charge is -2.34. The molecule has 1 aliphatic heterocycles. The summed E-state index contributed by atoms with van der Waals surface area (Å²) >= 11 is 0. The fourth-order valence-corrected chi connectivity index (χ4v) is 2.91. The Morgan fingerprint density at radius 3 is 2.83 bits per heavy atom. The molecule has 0 saturated carbocycles. The Hall–Kier alpha value is -0.800. The smallest absolute Gasteiger partial charge is 0.0326 e. The zero-order valence-corrected chi connectivity index (χ0v) is 12.0. The molecule has 2 aliphatic rings. The molecule has 3 heteroatoms. The first-order valence-electron chi connectivity index (χ1n) is 7.31. The molecule has 1 saturated heterocycles. The van der Waals surface area contributed by atoms with Crippen molar-refractivity contribution >= 4 is 0 Å². The van der Waals surface area contributed by atoms with Crippen LogP contribution in [0.15, 0.2) is 23.9 Å². The summed E-state index contributed by atoms with van der Waals surface area (Å²) in [6.07, 6.45) is 8.39. The highest BCUT2D eigenvalue weighted by Crippen LogP contribution is 2.23. The molecule has 0 aromatic rings. The van der Waals surface area contributed by atoms with Gasteiger partial charge in [0.25, 0.3) is 0 Å². The summed E-state index contributed by atoms with van der Waals surface area (Å²) < 4.78 is 0. The number of allylic oxidation sites excluding steroid dienone is 1. The third kappa shape index (κ3) is 3.15. The number of nitrogens with zero attached hydrogens (tertiary/aromatic N) is 2. The van der Waals surface area contributed by atoms with Crippen molar-refractivity contribution in [1.29, 1.82) is 0 Å². The Bertz CT molecular complexity index is 318. The van der Waals surface area contributed by atoms with Crippen LogP contribution in [0, 0.1) is 5.92 Å². The van der Waals surface area contributed by atoms with Crippen molar-refractivity contribution in [2.45, 2.75) is 26.3 Å². The third-order valence-electron chi connectivity index (χ3n) is 4.17. The molecule has 3 nitrogen and oxygen atoms in total. The van der Waals surface area contributed by atoms with Crippen molar-refractivity contribution in [2.75, 3.05) is 39.8 Å². The summed E-state index contributed by atoms with van der Waals surface area (Å²) in [5, 5.41) is 3.66. The fraction of sp³-hybridized carbons (Fsp3) is 0.733. The van der Waals surface area contributed by atoms with Crippen LogP contribution >= 0.6 is 0 Å². The van der Waals surface area contributed by atoms with Crippen molar-refractivity contribution in [3.63, 3.8) is 0 Å². The maximum atomic E-state index is 3.66. The van der Waals surface area contributed by atoms with E-state index in [1.807, 2.05) is 0 Å². The van der Waals surface area contributed by atoms with Crippen LogP contribution in [0.3, 0.4) is 0 Å². The third-order valence-corrected chi connectivity index (χ3v) is 4.17. The molecule has 18 heavy (non-hydrogen) atoms. The largest absolute Gasteiger partial charge is 0.372 e. The van der Waals surface area contributed by atoms with Gasteiger partial charge in [-0.05, 0) is 45.9 Å². The zero-order chi connectivity index (χ0) is 13.0. The van der Waals surface area contributed by atoms with Gasteiger partial charge in [0.15, 0.2) is 0 Å². The maximum Gasteiger partial charge on any atom is 0.0326 e. The summed E-state index contributed by atoms with van der Waals surface area (Å²) in [6.45, 7) is 10.1. The molecule has 1 fully saturated rings. The molecule has 1 aliphatic carbocycles. The quantitative estimate of drug-likeness (QED) is 0.821. The molecule has 0 radical (unpaired) electrons. The van der Waals surface area contributed by atoms with E-state index in [1.54, 1.807) is 0 Å². The molecule has 2 atom stereocenters. The van der Waals surface area contributed by atoms with Crippen LogP contribution < -0.4 is 5.32 Å². The lowest BCUT2D eigenvalue weighted by Crippen LogP contribution is -2.44. The first-order valence-corrected chi connectivity index (χ1v) is 7.31. The van der Waals surface area contributed by atoms with Gasteiger partial charge in [-0.25, -0.2) is 0 Å². The number of likely N-dealkylation sites (N-methyl/N-ethyl adjacent to an activating group) is 2. The van der Waals surface area contributed by atoms with Gasteiger partial charge in [-0.15, -0.1) is 0 Å². The average molecular weight is 249 g/mol. The van der Waals surface area contributed by atoms with E-state index in [2.05, 4.69) is 54.2 Å². The lowest BCUT2D eigenvalue weighted by molar-refractivity contribution is 0.262. The predicted molar refractivity (Wildman–Crippen MR) is 77.5 cm³/mol. The Morgan fingerprint density at radius 1 is 1.33 bits per heavy atom. The average Bonchev–Trinajstić information content (AvgIpc) is 2.37. The van der Waals surface area contributed by atoms with Crippen LogP contribution in [0.2, 0.25) is 0 Å². The molecule has 2 unspecified atom stereocenters. The van der Waals surface area contributed by atoms with E-state index in [-0.39, 0.29) is 0 Å². The highest BCUT2D eigenvalue weighted by atomic mass is 15.1. The summed E-state index contributed by atoms with van der Waals surface area (Å²) in [5.74, 6) is 0.647. The van der Waals surface area contributed by atoms with Crippen molar-refractivity contribution < 1.29 is 0 Å². The topological polar surface area (TPSA) is 18.5 Å². The Labute approximate surface area is 112 Å². The maximum absolute atomic E-state index is 3.66. The van der Waals surface area contributed by atoms with Crippen molar-refractivity contribution in [1.82, 2.24) is 15.1 Å². The van der Waals surface area contributed by atoms with Gasteiger partial charge < -0.3 is 15.1 Å². The van der Waals surface area contributed by atoms with Crippen LogP contribution in [0.5, 0.6) is 0 Å². The molecular formula is C15H27N3. The highest BCUT2D eigenvalue weighted by molar-refractivity contribution is 5.27. The normalized spacial score (nSPS) is 29.2. The molecule has 1 N–H and O–H groups in total. The Balaban J connectivity index is 2.07. The zero-order valence-electron chi connectivity index (χ0n) is 12.0. The highest BCUT2D eigenvalue weighted by Gasteiger charge is 2.23. The first kappa shape index (κ1) is 13.6. The van der Waals surface area contributed by atoms with Crippen LogP contribution in [-0.2, 0) is 0 Å². The molecule has 0 amide bonds. The molecular weight excluding hydrogens is 222 g/mol. The number of hydrogen-bond donors (Lipinski definition) is 1. The number of hydrogen-bond acceptors (Lipinski definition) is 3. The number of rotatable bonds is 3. The van der Waals surface area contributed by atoms with E-state index in [0.29, 0.717) is 12.0 Å². The summed E-state index contributed by atoms with van der Waals surface area (Å²) in [5.41, 5.74) is 1.41. The van der Waals surface area contributed by atoms with Crippen LogP contribution in [0.25, 0.3) is 0 Å². The molecule has 2 rings (SSSR count). The Morgan fingerprint density at radius 2 is 2.11 bits per heavy atom. The van der Waals surface area contributed by atoms with E-state index >= 15 is 0 Å². The van der Waals surface area contributed by atoms with E-state index in [1.165, 1.54) is 18.7 Å². The molecule has 0 spiro atoms. The second-order valence-electron chi connectivity index (χ2n) is 5.36. The summed E-state index contributed by atoms with van der Waals surface area (Å²) in [4.78, 5) is 4.86. The SMILES string of the molecule is CCN(CC)C1=CC2CCN(C)CCNC2C=C1. The first-order chi connectivity index (χ1) is 8.74. The predicted octanol–water partition coefficient (Wildman–Crippen LogP) is 1.69. The van der Waals surface area contributed by atoms with Crippen molar-refractivity contribution in [3.05, 3.63) is 23.9 Å². The van der Waals surface area contributed by atoms with E-state index in [9.17, 15) is 0 Å². The van der Waals surface area contributed by atoms with Crippen LogP contribution in [-0.4, -0.2) is 55.6 Å². The standard InChI is InChI=1S/C15H27N3/c1-4-18(5-2)14-6-7-15-13(12-14)8-10-17(3)11-9-16-15/h6-7,12-13,15-16H,4-5,8-11H2,1-3H3. The second-order valence-corrected chi connectivity index (χ2v) is 5.36. The van der Waals surface area contributed by atoms with Crippen molar-refractivity contribution in [3.8, 4) is 0 Å². The monoisotopic (exact) mass is 249 g/mol. The number of fused-ring (bicyclic) bond motifs is 1. The van der Waals surface area contributed by atoms with Gasteiger partial charge in [-0.2, -0.15) is 0 Å². The Kier molecular flexibility index (Phi) is 4.84. The fourth-order valence-electron chi connectivity index (χ4n) is 2.91. The van der Waals surface area contributed by atoms with E-state index in [4.69, 9.17) is 0 Å². The van der Waals surface area contributed by atoms with E-state index in [0.717, 1.165) is 26.2 Å². The van der Waals surface area contributed by atoms with E-state index < -0.39 is 0 Å². The van der Waals surface area contributed by atoms with Gasteiger partial charge in [-0.3, -0.25) is 0 Å². The lowest BCUT2D eigenvalue weighted by atomic mass is 9.89. The van der Waals surface area contributed by atoms with Gasteiger partial charge in [0.2, 0.25) is 0 Å². The van der Waals surface area contributed by atoms with Gasteiger partial charge in [0.1, 0.15) is 0 Å².